The normalized spacial score (nSPS) is 24.5. The molecule has 1 aliphatic heterocycles. The van der Waals surface area contributed by atoms with Crippen LogP contribution in [0.5, 0.6) is 0 Å². The van der Waals surface area contributed by atoms with Gasteiger partial charge in [0.1, 0.15) is 5.82 Å². The van der Waals surface area contributed by atoms with Crippen LogP contribution in [0.25, 0.3) is 11.0 Å². The molecule has 1 saturated heterocycles. The van der Waals surface area contributed by atoms with E-state index in [1.807, 2.05) is 30.1 Å². The van der Waals surface area contributed by atoms with Crippen LogP contribution in [0.2, 0.25) is 0 Å². The SMILES string of the molecule is CN(CCCc1nc2ccccc2[nH]1)C(=O)C1C2CN(CCC(C)(C)C)CC21. The first-order valence-corrected chi connectivity index (χ1v) is 10.7. The molecule has 2 fully saturated rings. The quantitative estimate of drug-likeness (QED) is 0.796. The number of aryl methyl sites for hydroxylation is 1. The maximum Gasteiger partial charge on any atom is 0.226 e. The lowest BCUT2D eigenvalue weighted by atomic mass is 9.92. The van der Waals surface area contributed by atoms with Gasteiger partial charge < -0.3 is 14.8 Å². The number of rotatable bonds is 7. The maximum absolute atomic E-state index is 12.8. The molecule has 1 amide bonds. The predicted molar refractivity (Wildman–Crippen MR) is 113 cm³/mol. The van der Waals surface area contributed by atoms with Crippen molar-refractivity contribution in [3.63, 3.8) is 0 Å². The Hall–Kier alpha value is -1.88. The minimum absolute atomic E-state index is 0.280. The first-order valence-electron chi connectivity index (χ1n) is 10.7. The summed E-state index contributed by atoms with van der Waals surface area (Å²) in [5.74, 6) is 2.85. The minimum atomic E-state index is 0.280. The number of imidazole rings is 1. The molecular formula is C23H34N4O. The topological polar surface area (TPSA) is 52.2 Å². The number of likely N-dealkylation sites (tertiary alicyclic amines) is 1. The van der Waals surface area contributed by atoms with Crippen LogP contribution < -0.4 is 0 Å². The highest BCUT2D eigenvalue weighted by molar-refractivity contribution is 5.82. The number of amides is 1. The van der Waals surface area contributed by atoms with Crippen LogP contribution in [-0.4, -0.2) is 58.9 Å². The average Bonchev–Trinajstić information content (AvgIpc) is 2.99. The Morgan fingerprint density at radius 2 is 1.96 bits per heavy atom. The van der Waals surface area contributed by atoms with Gasteiger partial charge in [-0.25, -0.2) is 4.98 Å². The third-order valence-electron chi connectivity index (χ3n) is 6.45. The van der Waals surface area contributed by atoms with Gasteiger partial charge in [0.2, 0.25) is 5.91 Å². The van der Waals surface area contributed by atoms with E-state index < -0.39 is 0 Å². The van der Waals surface area contributed by atoms with Gasteiger partial charge in [-0.2, -0.15) is 0 Å². The molecule has 1 aromatic carbocycles. The molecule has 1 aliphatic carbocycles. The van der Waals surface area contributed by atoms with Gasteiger partial charge >= 0.3 is 0 Å². The number of piperidine rings is 1. The number of fused-ring (bicyclic) bond motifs is 2. The molecule has 0 bridgehead atoms. The zero-order valence-corrected chi connectivity index (χ0v) is 17.7. The zero-order valence-electron chi connectivity index (χ0n) is 17.7. The van der Waals surface area contributed by atoms with E-state index in [0.29, 0.717) is 23.2 Å². The van der Waals surface area contributed by atoms with E-state index in [9.17, 15) is 4.79 Å². The number of aromatic nitrogens is 2. The number of hydrogen-bond acceptors (Lipinski definition) is 3. The summed E-state index contributed by atoms with van der Waals surface area (Å²) in [7, 11) is 1.96. The summed E-state index contributed by atoms with van der Waals surface area (Å²) >= 11 is 0. The maximum atomic E-state index is 12.8. The van der Waals surface area contributed by atoms with Crippen LogP contribution in [-0.2, 0) is 11.2 Å². The highest BCUT2D eigenvalue weighted by Gasteiger charge is 2.59. The minimum Gasteiger partial charge on any atom is -0.345 e. The van der Waals surface area contributed by atoms with Gasteiger partial charge in [-0.1, -0.05) is 32.9 Å². The van der Waals surface area contributed by atoms with Gasteiger partial charge in [0.15, 0.2) is 0 Å². The highest BCUT2D eigenvalue weighted by atomic mass is 16.2. The molecule has 2 heterocycles. The number of nitrogens with zero attached hydrogens (tertiary/aromatic N) is 3. The fourth-order valence-corrected chi connectivity index (χ4v) is 4.63. The van der Waals surface area contributed by atoms with Crippen molar-refractivity contribution in [3.8, 4) is 0 Å². The summed E-state index contributed by atoms with van der Waals surface area (Å²) in [4.78, 5) is 25.3. The monoisotopic (exact) mass is 382 g/mol. The molecule has 5 nitrogen and oxygen atoms in total. The van der Waals surface area contributed by atoms with Gasteiger partial charge in [-0.05, 0) is 48.8 Å². The number of carbonyl (C=O) groups excluding carboxylic acids is 1. The average molecular weight is 383 g/mol. The van der Waals surface area contributed by atoms with Crippen molar-refractivity contribution in [3.05, 3.63) is 30.1 Å². The predicted octanol–water partition coefficient (Wildman–Crippen LogP) is 3.57. The Kier molecular flexibility index (Phi) is 5.21. The standard InChI is InChI=1S/C23H34N4O/c1-23(2,3)11-13-27-14-16-17(15-27)21(16)22(28)26(4)12-7-10-20-24-18-8-5-6-9-19(18)25-20/h5-6,8-9,16-17,21H,7,10-15H2,1-4H3,(H,24,25). The van der Waals surface area contributed by atoms with E-state index in [4.69, 9.17) is 0 Å². The second-order valence-electron chi connectivity index (χ2n) is 9.99. The van der Waals surface area contributed by atoms with Gasteiger partial charge in [0.25, 0.3) is 0 Å². The van der Waals surface area contributed by atoms with Gasteiger partial charge in [-0.3, -0.25) is 4.79 Å². The van der Waals surface area contributed by atoms with Crippen molar-refractivity contribution >= 4 is 16.9 Å². The number of benzene rings is 1. The van der Waals surface area contributed by atoms with Crippen molar-refractivity contribution in [1.29, 1.82) is 0 Å². The summed E-state index contributed by atoms with van der Waals surface area (Å²) in [5.41, 5.74) is 2.50. The largest absolute Gasteiger partial charge is 0.345 e. The van der Waals surface area contributed by atoms with Crippen LogP contribution in [0.3, 0.4) is 0 Å². The number of hydrogen-bond donors (Lipinski definition) is 1. The lowest BCUT2D eigenvalue weighted by molar-refractivity contribution is -0.132. The number of H-pyrrole nitrogens is 1. The fourth-order valence-electron chi connectivity index (χ4n) is 4.63. The molecule has 0 spiro atoms. The zero-order chi connectivity index (χ0) is 19.9. The van der Waals surface area contributed by atoms with E-state index in [1.165, 1.54) is 13.0 Å². The van der Waals surface area contributed by atoms with E-state index in [2.05, 4.69) is 41.7 Å². The number of carbonyl (C=O) groups is 1. The fraction of sp³-hybridized carbons (Fsp3) is 0.652. The molecule has 2 atom stereocenters. The molecule has 2 unspecified atom stereocenters. The van der Waals surface area contributed by atoms with Gasteiger partial charge in [0, 0.05) is 39.0 Å². The van der Waals surface area contributed by atoms with E-state index in [1.54, 1.807) is 0 Å². The molecule has 5 heteroatoms. The molecule has 1 aromatic heterocycles. The number of nitrogens with one attached hydrogen (secondary N) is 1. The Morgan fingerprint density at radius 1 is 1.25 bits per heavy atom. The molecule has 1 saturated carbocycles. The number of aromatic amines is 1. The third kappa shape index (κ3) is 4.24. The van der Waals surface area contributed by atoms with Crippen molar-refractivity contribution in [2.75, 3.05) is 33.2 Å². The summed E-state index contributed by atoms with van der Waals surface area (Å²) in [5, 5.41) is 0. The van der Waals surface area contributed by atoms with Crippen LogP contribution in [0, 0.1) is 23.2 Å². The summed E-state index contributed by atoms with van der Waals surface area (Å²) < 4.78 is 0. The van der Waals surface area contributed by atoms with Crippen molar-refractivity contribution in [2.24, 2.45) is 23.2 Å². The van der Waals surface area contributed by atoms with Crippen LogP contribution in [0.15, 0.2) is 24.3 Å². The van der Waals surface area contributed by atoms with Crippen LogP contribution >= 0.6 is 0 Å². The Morgan fingerprint density at radius 3 is 2.64 bits per heavy atom. The molecule has 28 heavy (non-hydrogen) atoms. The van der Waals surface area contributed by atoms with Crippen LogP contribution in [0.1, 0.15) is 39.4 Å². The Labute approximate surface area is 168 Å². The highest BCUT2D eigenvalue weighted by Crippen LogP contribution is 2.52. The second kappa shape index (κ2) is 7.51. The van der Waals surface area contributed by atoms with E-state index in [-0.39, 0.29) is 5.92 Å². The molecule has 1 N–H and O–H groups in total. The molecule has 2 aliphatic rings. The Balaban J connectivity index is 1.19. The molecule has 0 radical (unpaired) electrons. The summed E-state index contributed by atoms with van der Waals surface area (Å²) in [6.45, 7) is 11.1. The van der Waals surface area contributed by atoms with Gasteiger partial charge in [0.05, 0.1) is 11.0 Å². The second-order valence-corrected chi connectivity index (χ2v) is 9.99. The number of para-hydroxylation sites is 2. The molecule has 152 valence electrons. The van der Waals surface area contributed by atoms with Crippen molar-refractivity contribution < 1.29 is 4.79 Å². The smallest absolute Gasteiger partial charge is 0.226 e. The third-order valence-corrected chi connectivity index (χ3v) is 6.45. The van der Waals surface area contributed by atoms with E-state index >= 15 is 0 Å². The summed E-state index contributed by atoms with van der Waals surface area (Å²) in [6.07, 6.45) is 3.05. The first-order chi connectivity index (χ1) is 13.3. The molecule has 2 aromatic rings. The van der Waals surface area contributed by atoms with Gasteiger partial charge in [-0.15, -0.1) is 0 Å². The van der Waals surface area contributed by atoms with Crippen molar-refractivity contribution in [2.45, 2.75) is 40.0 Å². The van der Waals surface area contributed by atoms with Crippen molar-refractivity contribution in [1.82, 2.24) is 19.8 Å². The lowest BCUT2D eigenvalue weighted by Gasteiger charge is -2.25. The Bertz CT molecular complexity index is 791. The lowest BCUT2D eigenvalue weighted by Crippen LogP contribution is -2.34. The molecular weight excluding hydrogens is 348 g/mol. The van der Waals surface area contributed by atoms with E-state index in [0.717, 1.165) is 49.3 Å². The van der Waals surface area contributed by atoms with Crippen LogP contribution in [0.4, 0.5) is 0 Å². The first kappa shape index (κ1) is 19.4. The molecule has 4 rings (SSSR count). The summed E-state index contributed by atoms with van der Waals surface area (Å²) in [6, 6.07) is 8.11.